The summed E-state index contributed by atoms with van der Waals surface area (Å²) in [5, 5.41) is 9.76. The maximum Gasteiger partial charge on any atom is 0.433 e. The number of ether oxygens (including phenoxy) is 1. The number of amides is 1. The van der Waals surface area contributed by atoms with E-state index in [1.165, 1.54) is 24.1 Å². The highest BCUT2D eigenvalue weighted by Crippen LogP contribution is 2.29. The maximum absolute atomic E-state index is 13.0. The van der Waals surface area contributed by atoms with Crippen LogP contribution in [0.3, 0.4) is 0 Å². The van der Waals surface area contributed by atoms with Crippen LogP contribution in [0.1, 0.15) is 31.4 Å². The molecule has 15 heteroatoms. The SMILES string of the molecule is Cn1nc(Nc2ccc(C(F)(F)F)nc2)c2ncn(CC(=O)N[C@H]3CC[C@H](OC(F)F)CC3)c(=O)c21. The van der Waals surface area contributed by atoms with Crippen LogP contribution in [0.4, 0.5) is 33.5 Å². The van der Waals surface area contributed by atoms with Gasteiger partial charge in [0.05, 0.1) is 24.3 Å². The summed E-state index contributed by atoms with van der Waals surface area (Å²) in [6.45, 7) is -3.14. The van der Waals surface area contributed by atoms with Crippen molar-refractivity contribution in [3.63, 3.8) is 0 Å². The molecule has 36 heavy (non-hydrogen) atoms. The van der Waals surface area contributed by atoms with E-state index in [4.69, 9.17) is 0 Å². The summed E-state index contributed by atoms with van der Waals surface area (Å²) < 4.78 is 69.7. The quantitative estimate of drug-likeness (QED) is 0.465. The van der Waals surface area contributed by atoms with Crippen LogP contribution >= 0.6 is 0 Å². The Kier molecular flexibility index (Phi) is 7.19. The number of halogens is 5. The van der Waals surface area contributed by atoms with Gasteiger partial charge in [-0.2, -0.15) is 27.1 Å². The molecule has 1 amide bonds. The van der Waals surface area contributed by atoms with Crippen molar-refractivity contribution in [2.45, 2.75) is 57.2 Å². The minimum absolute atomic E-state index is 0.0809. The fourth-order valence-corrected chi connectivity index (χ4v) is 4.08. The number of rotatable bonds is 7. The number of alkyl halides is 5. The molecule has 0 radical (unpaired) electrons. The zero-order valence-corrected chi connectivity index (χ0v) is 18.9. The summed E-state index contributed by atoms with van der Waals surface area (Å²) in [6, 6.07) is 1.77. The van der Waals surface area contributed by atoms with Gasteiger partial charge in [0, 0.05) is 13.1 Å². The van der Waals surface area contributed by atoms with E-state index >= 15 is 0 Å². The summed E-state index contributed by atoms with van der Waals surface area (Å²) in [5.41, 5.74) is -1.14. The third kappa shape index (κ3) is 5.78. The van der Waals surface area contributed by atoms with E-state index in [0.29, 0.717) is 25.7 Å². The van der Waals surface area contributed by atoms with Gasteiger partial charge in [-0.05, 0) is 37.8 Å². The molecule has 0 atom stereocenters. The summed E-state index contributed by atoms with van der Waals surface area (Å²) in [4.78, 5) is 33.0. The molecule has 1 saturated carbocycles. The van der Waals surface area contributed by atoms with Crippen molar-refractivity contribution in [2.24, 2.45) is 7.05 Å². The Bertz CT molecular complexity index is 1280. The van der Waals surface area contributed by atoms with Gasteiger partial charge in [-0.15, -0.1) is 0 Å². The van der Waals surface area contributed by atoms with Crippen LogP contribution in [0.5, 0.6) is 0 Å². The largest absolute Gasteiger partial charge is 0.433 e. The maximum atomic E-state index is 13.0. The average Bonchev–Trinajstić information content (AvgIpc) is 3.12. The van der Waals surface area contributed by atoms with Gasteiger partial charge < -0.3 is 15.4 Å². The van der Waals surface area contributed by atoms with E-state index in [1.54, 1.807) is 0 Å². The van der Waals surface area contributed by atoms with Crippen molar-refractivity contribution >= 4 is 28.4 Å². The van der Waals surface area contributed by atoms with Crippen LogP contribution < -0.4 is 16.2 Å². The van der Waals surface area contributed by atoms with Crippen LogP contribution in [0.2, 0.25) is 0 Å². The Morgan fingerprint density at radius 1 is 1.19 bits per heavy atom. The molecule has 10 nitrogen and oxygen atoms in total. The van der Waals surface area contributed by atoms with Crippen molar-refractivity contribution in [3.05, 3.63) is 40.7 Å². The smallest absolute Gasteiger partial charge is 0.352 e. The zero-order valence-electron chi connectivity index (χ0n) is 18.9. The fraction of sp³-hybridized carbons (Fsp3) is 0.476. The highest BCUT2D eigenvalue weighted by molar-refractivity contribution is 5.87. The van der Waals surface area contributed by atoms with Gasteiger partial charge in [0.1, 0.15) is 17.8 Å². The lowest BCUT2D eigenvalue weighted by Crippen LogP contribution is -2.42. The van der Waals surface area contributed by atoms with Crippen LogP contribution in [-0.2, 0) is 29.3 Å². The second-order valence-corrected chi connectivity index (χ2v) is 8.34. The number of nitrogens with one attached hydrogen (secondary N) is 2. The molecular weight excluding hydrogens is 493 g/mol. The number of hydrogen-bond donors (Lipinski definition) is 2. The molecule has 0 saturated heterocycles. The first-order valence-corrected chi connectivity index (χ1v) is 11.0. The summed E-state index contributed by atoms with van der Waals surface area (Å²) >= 11 is 0. The van der Waals surface area contributed by atoms with Crippen LogP contribution in [-0.4, -0.2) is 49.0 Å². The third-order valence-corrected chi connectivity index (χ3v) is 5.78. The van der Waals surface area contributed by atoms with Crippen LogP contribution in [0.25, 0.3) is 11.0 Å². The van der Waals surface area contributed by atoms with Crippen molar-refractivity contribution < 1.29 is 31.5 Å². The number of hydrogen-bond acceptors (Lipinski definition) is 7. The van der Waals surface area contributed by atoms with E-state index < -0.39 is 36.1 Å². The molecule has 0 aliphatic heterocycles. The van der Waals surface area contributed by atoms with Gasteiger partial charge >= 0.3 is 12.8 Å². The van der Waals surface area contributed by atoms with E-state index in [-0.39, 0.29) is 35.1 Å². The van der Waals surface area contributed by atoms with Gasteiger partial charge in [0.2, 0.25) is 5.91 Å². The molecule has 1 aliphatic carbocycles. The van der Waals surface area contributed by atoms with Crippen LogP contribution in [0.15, 0.2) is 29.5 Å². The van der Waals surface area contributed by atoms with Gasteiger partial charge in [0.15, 0.2) is 11.3 Å². The Hall–Kier alpha value is -3.62. The average molecular weight is 515 g/mol. The molecule has 0 unspecified atom stereocenters. The highest BCUT2D eigenvalue weighted by atomic mass is 19.4. The first-order valence-electron chi connectivity index (χ1n) is 11.0. The lowest BCUT2D eigenvalue weighted by atomic mass is 9.93. The Morgan fingerprint density at radius 2 is 1.92 bits per heavy atom. The molecular formula is C21H22F5N7O3. The number of pyridine rings is 1. The molecule has 194 valence electrons. The molecule has 1 aliphatic rings. The Morgan fingerprint density at radius 3 is 2.53 bits per heavy atom. The predicted molar refractivity (Wildman–Crippen MR) is 117 cm³/mol. The monoisotopic (exact) mass is 515 g/mol. The topological polar surface area (TPSA) is 116 Å². The normalized spacial score (nSPS) is 18.5. The Labute approximate surface area is 200 Å². The summed E-state index contributed by atoms with van der Waals surface area (Å²) in [5.74, 6) is -0.307. The Balaban J connectivity index is 1.43. The first-order chi connectivity index (χ1) is 17.0. The molecule has 1 fully saturated rings. The molecule has 3 aromatic rings. The van der Waals surface area contributed by atoms with Crippen molar-refractivity contribution in [1.82, 2.24) is 29.6 Å². The molecule has 3 heterocycles. The predicted octanol–water partition coefficient (Wildman–Crippen LogP) is 2.95. The summed E-state index contributed by atoms with van der Waals surface area (Å²) in [6.07, 6.45) is -1.22. The van der Waals surface area contributed by atoms with Gasteiger partial charge in [0.25, 0.3) is 5.56 Å². The molecule has 0 spiro atoms. The molecule has 0 aromatic carbocycles. The minimum atomic E-state index is -4.57. The number of fused-ring (bicyclic) bond motifs is 1. The van der Waals surface area contributed by atoms with Gasteiger partial charge in [-0.1, -0.05) is 0 Å². The first kappa shape index (κ1) is 25.5. The second kappa shape index (κ2) is 10.2. The van der Waals surface area contributed by atoms with Crippen molar-refractivity contribution in [3.8, 4) is 0 Å². The van der Waals surface area contributed by atoms with E-state index in [2.05, 4.69) is 30.4 Å². The highest BCUT2D eigenvalue weighted by Gasteiger charge is 2.32. The van der Waals surface area contributed by atoms with Gasteiger partial charge in [-0.3, -0.25) is 18.8 Å². The van der Waals surface area contributed by atoms with Crippen molar-refractivity contribution in [2.75, 3.05) is 5.32 Å². The van der Waals surface area contributed by atoms with Crippen molar-refractivity contribution in [1.29, 1.82) is 0 Å². The zero-order chi connectivity index (χ0) is 26.0. The minimum Gasteiger partial charge on any atom is -0.352 e. The van der Waals surface area contributed by atoms with E-state index in [9.17, 15) is 31.5 Å². The van der Waals surface area contributed by atoms with E-state index in [0.717, 1.165) is 16.8 Å². The second-order valence-electron chi connectivity index (χ2n) is 8.34. The van der Waals surface area contributed by atoms with Gasteiger partial charge in [-0.25, -0.2) is 9.97 Å². The lowest BCUT2D eigenvalue weighted by Gasteiger charge is -2.28. The molecule has 0 bridgehead atoms. The lowest BCUT2D eigenvalue weighted by molar-refractivity contribution is -0.170. The summed E-state index contributed by atoms with van der Waals surface area (Å²) in [7, 11) is 1.49. The number of aromatic nitrogens is 5. The molecule has 3 aromatic heterocycles. The third-order valence-electron chi connectivity index (χ3n) is 5.78. The number of aryl methyl sites for hydroxylation is 1. The van der Waals surface area contributed by atoms with Crippen LogP contribution in [0, 0.1) is 0 Å². The standard InChI is InChI=1S/C21H22F5N7O3/c1-32-17-16(18(31-32)30-12-4-7-14(27-8-12)21(24,25)26)28-10-33(19(17)35)9-15(34)29-11-2-5-13(6-3-11)36-20(22)23/h4,7-8,10-11,13,20H,2-3,5-6,9H2,1H3,(H,29,34)(H,30,31)/t11-,13-. The molecule has 4 rings (SSSR count). The number of anilines is 2. The number of nitrogens with zero attached hydrogens (tertiary/aromatic N) is 5. The van der Waals surface area contributed by atoms with E-state index in [1.807, 2.05) is 0 Å². The fourth-order valence-electron chi connectivity index (χ4n) is 4.08. The molecule has 2 N–H and O–H groups in total. The number of carbonyl (C=O) groups is 1. The number of carbonyl (C=O) groups excluding carboxylic acids is 1.